The third kappa shape index (κ3) is 4.54. The van der Waals surface area contributed by atoms with E-state index >= 15 is 0 Å². The first-order valence-electron chi connectivity index (χ1n) is 5.27. The molecule has 1 N–H and O–H groups in total. The Morgan fingerprint density at radius 3 is 2.80 bits per heavy atom. The standard InChI is InChI=1S/C12H18ClNO/c1-10-9-11(13)5-6-12(10)15-8-4-3-7-14-2/h5-6,9,14H,3-4,7-8H2,1-2H3. The van der Waals surface area contributed by atoms with Gasteiger partial charge in [-0.2, -0.15) is 0 Å². The minimum Gasteiger partial charge on any atom is -0.493 e. The molecule has 0 spiro atoms. The molecule has 0 heterocycles. The summed E-state index contributed by atoms with van der Waals surface area (Å²) in [5.74, 6) is 0.934. The summed E-state index contributed by atoms with van der Waals surface area (Å²) in [5, 5.41) is 3.87. The molecular formula is C12H18ClNO. The quantitative estimate of drug-likeness (QED) is 0.755. The number of rotatable bonds is 6. The van der Waals surface area contributed by atoms with E-state index in [2.05, 4.69) is 5.32 Å². The van der Waals surface area contributed by atoms with Crippen molar-refractivity contribution in [3.63, 3.8) is 0 Å². The number of benzene rings is 1. The average molecular weight is 228 g/mol. The molecule has 0 fully saturated rings. The van der Waals surface area contributed by atoms with Crippen LogP contribution in [0.25, 0.3) is 0 Å². The number of aryl methyl sites for hydroxylation is 1. The van der Waals surface area contributed by atoms with Crippen LogP contribution in [0.3, 0.4) is 0 Å². The lowest BCUT2D eigenvalue weighted by Gasteiger charge is -2.08. The Morgan fingerprint density at radius 2 is 2.13 bits per heavy atom. The second-order valence-electron chi connectivity index (χ2n) is 3.57. The Bertz CT molecular complexity index is 302. The highest BCUT2D eigenvalue weighted by molar-refractivity contribution is 6.30. The lowest BCUT2D eigenvalue weighted by Crippen LogP contribution is -2.09. The Hall–Kier alpha value is -0.730. The van der Waals surface area contributed by atoms with E-state index in [-0.39, 0.29) is 0 Å². The van der Waals surface area contributed by atoms with Gasteiger partial charge >= 0.3 is 0 Å². The second-order valence-corrected chi connectivity index (χ2v) is 4.01. The van der Waals surface area contributed by atoms with Crippen LogP contribution in [-0.2, 0) is 0 Å². The highest BCUT2D eigenvalue weighted by Gasteiger charge is 1.99. The number of unbranched alkanes of at least 4 members (excludes halogenated alkanes) is 1. The van der Waals surface area contributed by atoms with Gasteiger partial charge in [-0.25, -0.2) is 0 Å². The molecule has 0 aliphatic heterocycles. The third-order valence-corrected chi connectivity index (χ3v) is 2.45. The maximum atomic E-state index is 5.86. The third-order valence-electron chi connectivity index (χ3n) is 2.22. The van der Waals surface area contributed by atoms with E-state index < -0.39 is 0 Å². The second kappa shape index (κ2) is 6.70. The van der Waals surface area contributed by atoms with Gasteiger partial charge in [0.25, 0.3) is 0 Å². The van der Waals surface area contributed by atoms with Crippen LogP contribution in [0, 0.1) is 6.92 Å². The van der Waals surface area contributed by atoms with Crippen molar-refractivity contribution in [3.8, 4) is 5.75 Å². The van der Waals surface area contributed by atoms with Crippen LogP contribution in [0.1, 0.15) is 18.4 Å². The van der Waals surface area contributed by atoms with Gasteiger partial charge in [0, 0.05) is 5.02 Å². The van der Waals surface area contributed by atoms with Crippen molar-refractivity contribution < 1.29 is 4.74 Å². The topological polar surface area (TPSA) is 21.3 Å². The number of hydrogen-bond acceptors (Lipinski definition) is 2. The lowest BCUT2D eigenvalue weighted by molar-refractivity contribution is 0.304. The minimum atomic E-state index is 0.759. The fraction of sp³-hybridized carbons (Fsp3) is 0.500. The Kier molecular flexibility index (Phi) is 5.51. The zero-order chi connectivity index (χ0) is 11.1. The van der Waals surface area contributed by atoms with Gasteiger partial charge in [0.05, 0.1) is 6.61 Å². The van der Waals surface area contributed by atoms with Gasteiger partial charge in [-0.05, 0) is 57.1 Å². The van der Waals surface area contributed by atoms with Gasteiger partial charge in [-0.3, -0.25) is 0 Å². The zero-order valence-corrected chi connectivity index (χ0v) is 10.1. The van der Waals surface area contributed by atoms with E-state index in [4.69, 9.17) is 16.3 Å². The number of nitrogens with one attached hydrogen (secondary N) is 1. The van der Waals surface area contributed by atoms with E-state index in [0.29, 0.717) is 0 Å². The van der Waals surface area contributed by atoms with Crippen LogP contribution in [-0.4, -0.2) is 20.2 Å². The molecule has 0 atom stereocenters. The van der Waals surface area contributed by atoms with E-state index in [0.717, 1.165) is 42.3 Å². The van der Waals surface area contributed by atoms with Gasteiger partial charge in [-0.1, -0.05) is 11.6 Å². The molecule has 0 radical (unpaired) electrons. The Morgan fingerprint density at radius 1 is 1.33 bits per heavy atom. The number of hydrogen-bond donors (Lipinski definition) is 1. The van der Waals surface area contributed by atoms with Crippen molar-refractivity contribution in [2.24, 2.45) is 0 Å². The highest BCUT2D eigenvalue weighted by atomic mass is 35.5. The van der Waals surface area contributed by atoms with Crippen LogP contribution in [0.15, 0.2) is 18.2 Å². The molecule has 0 saturated heterocycles. The summed E-state index contributed by atoms with van der Waals surface area (Å²) >= 11 is 5.86. The molecule has 2 nitrogen and oxygen atoms in total. The summed E-state index contributed by atoms with van der Waals surface area (Å²) in [6.07, 6.45) is 2.21. The first-order chi connectivity index (χ1) is 7.24. The van der Waals surface area contributed by atoms with Crippen molar-refractivity contribution in [1.82, 2.24) is 5.32 Å². The normalized spacial score (nSPS) is 10.3. The van der Waals surface area contributed by atoms with Crippen molar-refractivity contribution in [1.29, 1.82) is 0 Å². The summed E-state index contributed by atoms with van der Waals surface area (Å²) in [5.41, 5.74) is 1.09. The summed E-state index contributed by atoms with van der Waals surface area (Å²) in [6.45, 7) is 3.82. The zero-order valence-electron chi connectivity index (χ0n) is 9.35. The molecule has 1 rings (SSSR count). The van der Waals surface area contributed by atoms with Gasteiger partial charge in [0.1, 0.15) is 5.75 Å². The molecule has 3 heteroatoms. The molecule has 0 aromatic heterocycles. The molecule has 0 saturated carbocycles. The highest BCUT2D eigenvalue weighted by Crippen LogP contribution is 2.21. The number of ether oxygens (including phenoxy) is 1. The van der Waals surface area contributed by atoms with E-state index in [1.807, 2.05) is 32.2 Å². The van der Waals surface area contributed by atoms with E-state index in [9.17, 15) is 0 Å². The predicted molar refractivity (Wildman–Crippen MR) is 64.8 cm³/mol. The van der Waals surface area contributed by atoms with Crippen LogP contribution in [0.5, 0.6) is 5.75 Å². The monoisotopic (exact) mass is 227 g/mol. The largest absolute Gasteiger partial charge is 0.493 e. The SMILES string of the molecule is CNCCCCOc1ccc(Cl)cc1C. The number of halogens is 1. The summed E-state index contributed by atoms with van der Waals surface area (Å²) in [6, 6.07) is 5.71. The molecule has 0 bridgehead atoms. The van der Waals surface area contributed by atoms with Crippen LogP contribution < -0.4 is 10.1 Å². The first-order valence-corrected chi connectivity index (χ1v) is 5.65. The molecule has 0 aliphatic carbocycles. The molecular weight excluding hydrogens is 210 g/mol. The predicted octanol–water partition coefficient (Wildman–Crippen LogP) is 3.03. The van der Waals surface area contributed by atoms with Crippen LogP contribution in [0.2, 0.25) is 5.02 Å². The van der Waals surface area contributed by atoms with Crippen molar-refractivity contribution in [2.75, 3.05) is 20.2 Å². The van der Waals surface area contributed by atoms with E-state index in [1.165, 1.54) is 0 Å². The smallest absolute Gasteiger partial charge is 0.122 e. The Balaban J connectivity index is 2.31. The molecule has 84 valence electrons. The first kappa shape index (κ1) is 12.3. The van der Waals surface area contributed by atoms with Gasteiger partial charge in [0.15, 0.2) is 0 Å². The fourth-order valence-electron chi connectivity index (χ4n) is 1.36. The lowest BCUT2D eigenvalue weighted by atomic mass is 10.2. The molecule has 0 amide bonds. The van der Waals surface area contributed by atoms with Crippen molar-refractivity contribution in [2.45, 2.75) is 19.8 Å². The van der Waals surface area contributed by atoms with Gasteiger partial charge < -0.3 is 10.1 Å². The summed E-state index contributed by atoms with van der Waals surface area (Å²) < 4.78 is 5.65. The molecule has 15 heavy (non-hydrogen) atoms. The molecule has 0 unspecified atom stereocenters. The fourth-order valence-corrected chi connectivity index (χ4v) is 1.59. The summed E-state index contributed by atoms with van der Waals surface area (Å²) in [7, 11) is 1.96. The van der Waals surface area contributed by atoms with E-state index in [1.54, 1.807) is 0 Å². The summed E-state index contributed by atoms with van der Waals surface area (Å²) in [4.78, 5) is 0. The molecule has 0 aliphatic rings. The van der Waals surface area contributed by atoms with Gasteiger partial charge in [-0.15, -0.1) is 0 Å². The Labute approximate surface area is 96.6 Å². The van der Waals surface area contributed by atoms with Gasteiger partial charge in [0.2, 0.25) is 0 Å². The average Bonchev–Trinajstić information content (AvgIpc) is 2.20. The maximum absolute atomic E-state index is 5.86. The van der Waals surface area contributed by atoms with Crippen LogP contribution >= 0.6 is 11.6 Å². The molecule has 1 aromatic carbocycles. The minimum absolute atomic E-state index is 0.759. The van der Waals surface area contributed by atoms with Crippen molar-refractivity contribution in [3.05, 3.63) is 28.8 Å². The molecule has 1 aromatic rings. The maximum Gasteiger partial charge on any atom is 0.122 e. The van der Waals surface area contributed by atoms with Crippen LogP contribution in [0.4, 0.5) is 0 Å². The van der Waals surface area contributed by atoms with Crippen molar-refractivity contribution >= 4 is 11.6 Å².